The summed E-state index contributed by atoms with van der Waals surface area (Å²) in [7, 11) is 4.58. The van der Waals surface area contributed by atoms with E-state index in [-0.39, 0.29) is 0 Å². The van der Waals surface area contributed by atoms with E-state index in [9.17, 15) is 9.59 Å². The molecule has 1 aromatic rings. The predicted molar refractivity (Wildman–Crippen MR) is 77.7 cm³/mol. The third kappa shape index (κ3) is 5.31. The number of amides is 2. The van der Waals surface area contributed by atoms with Crippen LogP contribution in [-0.4, -0.2) is 46.3 Å². The number of hydrogen-bond acceptors (Lipinski definition) is 5. The van der Waals surface area contributed by atoms with Gasteiger partial charge in [0.25, 0.3) is 0 Å². The van der Waals surface area contributed by atoms with Gasteiger partial charge in [0.1, 0.15) is 0 Å². The summed E-state index contributed by atoms with van der Waals surface area (Å²) < 4.78 is 15.1. The Hall–Kier alpha value is -2.28. The molecule has 7 nitrogen and oxygen atoms in total. The molecular formula is C14H20N2O5. The maximum atomic E-state index is 11.7. The van der Waals surface area contributed by atoms with E-state index in [1.54, 1.807) is 25.3 Å². The molecule has 0 saturated heterocycles. The molecule has 1 rings (SSSR count). The summed E-state index contributed by atoms with van der Waals surface area (Å²) in [6.45, 7) is 0.906. The molecule has 0 fully saturated rings. The van der Waals surface area contributed by atoms with Gasteiger partial charge in [0.2, 0.25) is 0 Å². The molecule has 0 aliphatic heterocycles. The number of rotatable bonds is 7. The monoisotopic (exact) mass is 296 g/mol. The van der Waals surface area contributed by atoms with E-state index in [1.807, 2.05) is 0 Å². The SMILES string of the molecule is COCCCNC(=O)C(=O)Nc1ccc(OC)c(OC)c1. The lowest BCUT2D eigenvalue weighted by atomic mass is 10.2. The van der Waals surface area contributed by atoms with Crippen LogP contribution in [0.1, 0.15) is 6.42 Å². The van der Waals surface area contributed by atoms with Gasteiger partial charge in [0, 0.05) is 32.0 Å². The first-order valence-electron chi connectivity index (χ1n) is 6.42. The molecule has 0 spiro atoms. The highest BCUT2D eigenvalue weighted by Gasteiger charge is 2.14. The molecule has 0 bridgehead atoms. The van der Waals surface area contributed by atoms with Crippen LogP contribution in [0.4, 0.5) is 5.69 Å². The van der Waals surface area contributed by atoms with Gasteiger partial charge in [-0.15, -0.1) is 0 Å². The highest BCUT2D eigenvalue weighted by atomic mass is 16.5. The fourth-order valence-corrected chi connectivity index (χ4v) is 1.60. The molecule has 0 unspecified atom stereocenters. The smallest absolute Gasteiger partial charge is 0.313 e. The van der Waals surface area contributed by atoms with Crippen molar-refractivity contribution in [2.45, 2.75) is 6.42 Å². The van der Waals surface area contributed by atoms with Crippen LogP contribution >= 0.6 is 0 Å². The van der Waals surface area contributed by atoms with Crippen molar-refractivity contribution < 1.29 is 23.8 Å². The average Bonchev–Trinajstić information content (AvgIpc) is 2.51. The van der Waals surface area contributed by atoms with Crippen molar-refractivity contribution in [2.24, 2.45) is 0 Å². The van der Waals surface area contributed by atoms with Crippen molar-refractivity contribution in [3.05, 3.63) is 18.2 Å². The van der Waals surface area contributed by atoms with E-state index in [0.29, 0.717) is 36.8 Å². The number of hydrogen-bond donors (Lipinski definition) is 2. The third-order valence-corrected chi connectivity index (χ3v) is 2.66. The molecule has 0 aromatic heterocycles. The van der Waals surface area contributed by atoms with Gasteiger partial charge in [-0.3, -0.25) is 9.59 Å². The van der Waals surface area contributed by atoms with Crippen LogP contribution in [0.3, 0.4) is 0 Å². The minimum Gasteiger partial charge on any atom is -0.493 e. The summed E-state index contributed by atoms with van der Waals surface area (Å²) >= 11 is 0. The van der Waals surface area contributed by atoms with Gasteiger partial charge in [-0.1, -0.05) is 0 Å². The Morgan fingerprint density at radius 1 is 1.05 bits per heavy atom. The van der Waals surface area contributed by atoms with Gasteiger partial charge in [-0.2, -0.15) is 0 Å². The Balaban J connectivity index is 2.56. The van der Waals surface area contributed by atoms with Gasteiger partial charge in [-0.05, 0) is 18.6 Å². The third-order valence-electron chi connectivity index (χ3n) is 2.66. The highest BCUT2D eigenvalue weighted by molar-refractivity contribution is 6.39. The largest absolute Gasteiger partial charge is 0.493 e. The zero-order valence-corrected chi connectivity index (χ0v) is 12.4. The van der Waals surface area contributed by atoms with Crippen molar-refractivity contribution in [1.82, 2.24) is 5.32 Å². The van der Waals surface area contributed by atoms with Gasteiger partial charge >= 0.3 is 11.8 Å². The number of benzene rings is 1. The second-order valence-corrected chi connectivity index (χ2v) is 4.13. The Labute approximate surface area is 123 Å². The van der Waals surface area contributed by atoms with Gasteiger partial charge in [0.05, 0.1) is 14.2 Å². The maximum Gasteiger partial charge on any atom is 0.313 e. The van der Waals surface area contributed by atoms with E-state index in [4.69, 9.17) is 14.2 Å². The molecule has 0 aliphatic carbocycles. The molecule has 0 atom stereocenters. The summed E-state index contributed by atoms with van der Waals surface area (Å²) in [5.74, 6) is -0.421. The molecular weight excluding hydrogens is 276 g/mol. The summed E-state index contributed by atoms with van der Waals surface area (Å²) in [5.41, 5.74) is 0.449. The summed E-state index contributed by atoms with van der Waals surface area (Å²) in [6.07, 6.45) is 0.645. The molecule has 7 heteroatoms. The van der Waals surface area contributed by atoms with E-state index < -0.39 is 11.8 Å². The normalized spacial score (nSPS) is 9.86. The first-order valence-corrected chi connectivity index (χ1v) is 6.42. The standard InChI is InChI=1S/C14H20N2O5/c1-19-8-4-7-15-13(17)14(18)16-10-5-6-11(20-2)12(9-10)21-3/h5-6,9H,4,7-8H2,1-3H3,(H,15,17)(H,16,18). The first kappa shape index (κ1) is 16.8. The van der Waals surface area contributed by atoms with Crippen LogP contribution in [-0.2, 0) is 14.3 Å². The molecule has 0 heterocycles. The second kappa shape index (κ2) is 8.80. The molecule has 0 radical (unpaired) electrons. The van der Waals surface area contributed by atoms with Crippen molar-refractivity contribution >= 4 is 17.5 Å². The molecule has 116 valence electrons. The first-order chi connectivity index (χ1) is 10.1. The molecule has 2 N–H and O–H groups in total. The maximum absolute atomic E-state index is 11.7. The van der Waals surface area contributed by atoms with Gasteiger partial charge in [-0.25, -0.2) is 0 Å². The van der Waals surface area contributed by atoms with Crippen LogP contribution in [0.2, 0.25) is 0 Å². The topological polar surface area (TPSA) is 85.9 Å². The van der Waals surface area contributed by atoms with Crippen LogP contribution in [0.15, 0.2) is 18.2 Å². The molecule has 21 heavy (non-hydrogen) atoms. The number of carbonyl (C=O) groups is 2. The fourth-order valence-electron chi connectivity index (χ4n) is 1.60. The van der Waals surface area contributed by atoms with Gasteiger partial charge in [0.15, 0.2) is 11.5 Å². The van der Waals surface area contributed by atoms with Crippen molar-refractivity contribution in [3.63, 3.8) is 0 Å². The summed E-state index contributed by atoms with van der Waals surface area (Å²) in [4.78, 5) is 23.3. The fraction of sp³-hybridized carbons (Fsp3) is 0.429. The van der Waals surface area contributed by atoms with Gasteiger partial charge < -0.3 is 24.8 Å². The Morgan fingerprint density at radius 2 is 1.76 bits per heavy atom. The lowest BCUT2D eigenvalue weighted by Crippen LogP contribution is -2.36. The predicted octanol–water partition coefficient (Wildman–Crippen LogP) is 0.795. The Morgan fingerprint density at radius 3 is 2.38 bits per heavy atom. The number of carbonyl (C=O) groups excluding carboxylic acids is 2. The summed E-state index contributed by atoms with van der Waals surface area (Å²) in [5, 5.41) is 4.99. The van der Waals surface area contributed by atoms with Crippen LogP contribution < -0.4 is 20.1 Å². The lowest BCUT2D eigenvalue weighted by Gasteiger charge is -2.10. The van der Waals surface area contributed by atoms with E-state index >= 15 is 0 Å². The lowest BCUT2D eigenvalue weighted by molar-refractivity contribution is -0.136. The van der Waals surface area contributed by atoms with Crippen molar-refractivity contribution in [2.75, 3.05) is 39.8 Å². The average molecular weight is 296 g/mol. The number of anilines is 1. The molecule has 1 aromatic carbocycles. The van der Waals surface area contributed by atoms with Crippen LogP contribution in [0.25, 0.3) is 0 Å². The minimum absolute atomic E-state index is 0.381. The van der Waals surface area contributed by atoms with Crippen LogP contribution in [0, 0.1) is 0 Å². The molecule has 2 amide bonds. The quantitative estimate of drug-likeness (QED) is 0.574. The van der Waals surface area contributed by atoms with E-state index in [2.05, 4.69) is 10.6 Å². The van der Waals surface area contributed by atoms with Crippen LogP contribution in [0.5, 0.6) is 11.5 Å². The summed E-state index contributed by atoms with van der Waals surface area (Å²) in [6, 6.07) is 4.84. The van der Waals surface area contributed by atoms with Crippen molar-refractivity contribution in [1.29, 1.82) is 0 Å². The Bertz CT molecular complexity index is 490. The van der Waals surface area contributed by atoms with Crippen molar-refractivity contribution in [3.8, 4) is 11.5 Å². The number of ether oxygens (including phenoxy) is 3. The highest BCUT2D eigenvalue weighted by Crippen LogP contribution is 2.29. The zero-order chi connectivity index (χ0) is 15.7. The van der Waals surface area contributed by atoms with E-state index in [0.717, 1.165) is 0 Å². The zero-order valence-electron chi connectivity index (χ0n) is 12.4. The number of nitrogens with one attached hydrogen (secondary N) is 2. The van der Waals surface area contributed by atoms with E-state index in [1.165, 1.54) is 14.2 Å². The Kier molecular flexibility index (Phi) is 7.03. The second-order valence-electron chi connectivity index (χ2n) is 4.13. The molecule has 0 aliphatic rings. The minimum atomic E-state index is -0.736. The number of methoxy groups -OCH3 is 3. The molecule has 0 saturated carbocycles.